The molecule has 2 aromatic rings. The molecule has 16 heavy (non-hydrogen) atoms. The summed E-state index contributed by atoms with van der Waals surface area (Å²) < 4.78 is 18.5. The van der Waals surface area contributed by atoms with E-state index in [9.17, 15) is 4.39 Å². The fourth-order valence-electron chi connectivity index (χ4n) is 1.28. The number of hydrogen-bond donors (Lipinski definition) is 1. The number of para-hydroxylation sites is 1. The minimum atomic E-state index is -0.532. The van der Waals surface area contributed by atoms with Gasteiger partial charge < -0.3 is 9.84 Å². The Labute approximate surface area is 92.1 Å². The maximum absolute atomic E-state index is 13.3. The number of ether oxygens (including phenoxy) is 1. The largest absolute Gasteiger partial charge is 0.436 e. The van der Waals surface area contributed by atoms with Crippen LogP contribution < -0.4 is 4.74 Å². The van der Waals surface area contributed by atoms with Crippen LogP contribution in [-0.4, -0.2) is 10.1 Å². The van der Waals surface area contributed by atoms with Crippen LogP contribution in [0.3, 0.4) is 0 Å². The highest BCUT2D eigenvalue weighted by molar-refractivity contribution is 5.35. The van der Waals surface area contributed by atoms with Gasteiger partial charge in [-0.1, -0.05) is 18.2 Å². The standard InChI is InChI=1S/C12H10FNO2/c13-10-5-3-7-14-12(10)16-11-6-2-1-4-9(11)8-15/h1-7,15H,8H2. The molecule has 1 N–H and O–H groups in total. The molecular weight excluding hydrogens is 209 g/mol. The Morgan fingerprint density at radius 1 is 1.19 bits per heavy atom. The van der Waals surface area contributed by atoms with Crippen molar-refractivity contribution in [2.75, 3.05) is 0 Å². The number of pyridine rings is 1. The highest BCUT2D eigenvalue weighted by Gasteiger charge is 2.07. The van der Waals surface area contributed by atoms with E-state index < -0.39 is 5.82 Å². The Hall–Kier alpha value is -1.94. The zero-order valence-electron chi connectivity index (χ0n) is 8.43. The van der Waals surface area contributed by atoms with Crippen molar-refractivity contribution in [3.05, 3.63) is 54.0 Å². The van der Waals surface area contributed by atoms with Gasteiger partial charge in [0.2, 0.25) is 0 Å². The first-order chi connectivity index (χ1) is 7.81. The van der Waals surface area contributed by atoms with Crippen LogP contribution >= 0.6 is 0 Å². The summed E-state index contributed by atoms with van der Waals surface area (Å²) in [4.78, 5) is 3.77. The lowest BCUT2D eigenvalue weighted by Gasteiger charge is -2.08. The Morgan fingerprint density at radius 2 is 2.00 bits per heavy atom. The summed E-state index contributed by atoms with van der Waals surface area (Å²) in [5.74, 6) is -0.221. The maximum atomic E-state index is 13.3. The molecule has 0 radical (unpaired) electrons. The van der Waals surface area contributed by atoms with E-state index in [2.05, 4.69) is 4.98 Å². The Bertz CT molecular complexity index is 488. The molecule has 0 atom stereocenters. The molecule has 0 saturated carbocycles. The maximum Gasteiger partial charge on any atom is 0.255 e. The number of nitrogens with zero attached hydrogens (tertiary/aromatic N) is 1. The van der Waals surface area contributed by atoms with Gasteiger partial charge in [0.1, 0.15) is 5.75 Å². The summed E-state index contributed by atoms with van der Waals surface area (Å²) in [6.07, 6.45) is 1.44. The Balaban J connectivity index is 2.30. The summed E-state index contributed by atoms with van der Waals surface area (Å²) in [5, 5.41) is 9.07. The Morgan fingerprint density at radius 3 is 2.75 bits per heavy atom. The van der Waals surface area contributed by atoms with Gasteiger partial charge in [0.05, 0.1) is 6.61 Å². The fraction of sp³-hybridized carbons (Fsp3) is 0.0833. The molecule has 3 nitrogen and oxygen atoms in total. The number of aliphatic hydroxyl groups excluding tert-OH is 1. The first-order valence-corrected chi connectivity index (χ1v) is 4.78. The lowest BCUT2D eigenvalue weighted by atomic mass is 10.2. The van der Waals surface area contributed by atoms with E-state index in [4.69, 9.17) is 9.84 Å². The van der Waals surface area contributed by atoms with Crippen molar-refractivity contribution in [1.29, 1.82) is 0 Å². The van der Waals surface area contributed by atoms with Crippen molar-refractivity contribution >= 4 is 0 Å². The summed E-state index contributed by atoms with van der Waals surface area (Å²) in [6.45, 7) is -0.162. The molecule has 2 rings (SSSR count). The molecule has 0 unspecified atom stereocenters. The van der Waals surface area contributed by atoms with E-state index in [1.165, 1.54) is 18.3 Å². The van der Waals surface area contributed by atoms with Gasteiger partial charge in [-0.2, -0.15) is 0 Å². The van der Waals surface area contributed by atoms with E-state index >= 15 is 0 Å². The van der Waals surface area contributed by atoms with Gasteiger partial charge in [-0.05, 0) is 18.2 Å². The average molecular weight is 219 g/mol. The number of aliphatic hydroxyl groups is 1. The molecule has 0 bridgehead atoms. The van der Waals surface area contributed by atoms with Crippen LogP contribution in [0.1, 0.15) is 5.56 Å². The molecular formula is C12H10FNO2. The second-order valence-corrected chi connectivity index (χ2v) is 3.16. The van der Waals surface area contributed by atoms with Gasteiger partial charge in [0.25, 0.3) is 5.88 Å². The zero-order chi connectivity index (χ0) is 11.4. The van der Waals surface area contributed by atoms with Gasteiger partial charge in [-0.3, -0.25) is 0 Å². The Kier molecular flexibility index (Phi) is 3.12. The van der Waals surface area contributed by atoms with Crippen molar-refractivity contribution < 1.29 is 14.2 Å². The summed E-state index contributed by atoms with van der Waals surface area (Å²) in [7, 11) is 0. The average Bonchev–Trinajstić information content (AvgIpc) is 2.33. The highest BCUT2D eigenvalue weighted by Crippen LogP contribution is 2.25. The number of aromatic nitrogens is 1. The molecule has 0 aliphatic rings. The normalized spacial score (nSPS) is 10.1. The molecule has 1 aromatic heterocycles. The van der Waals surface area contributed by atoms with Crippen LogP contribution in [0.25, 0.3) is 0 Å². The molecule has 0 saturated heterocycles. The molecule has 1 aromatic carbocycles. The van der Waals surface area contributed by atoms with Crippen molar-refractivity contribution in [3.63, 3.8) is 0 Å². The van der Waals surface area contributed by atoms with Crippen LogP contribution in [0, 0.1) is 5.82 Å². The SMILES string of the molecule is OCc1ccccc1Oc1ncccc1F. The van der Waals surface area contributed by atoms with Crippen molar-refractivity contribution in [3.8, 4) is 11.6 Å². The number of benzene rings is 1. The topological polar surface area (TPSA) is 42.4 Å². The summed E-state index contributed by atoms with van der Waals surface area (Å²) >= 11 is 0. The van der Waals surface area contributed by atoms with Crippen LogP contribution in [0.15, 0.2) is 42.6 Å². The third-order valence-electron chi connectivity index (χ3n) is 2.07. The number of hydrogen-bond acceptors (Lipinski definition) is 3. The van der Waals surface area contributed by atoms with E-state index in [1.54, 1.807) is 24.3 Å². The lowest BCUT2D eigenvalue weighted by Crippen LogP contribution is -1.95. The number of rotatable bonds is 3. The predicted octanol–water partition coefficient (Wildman–Crippen LogP) is 2.51. The lowest BCUT2D eigenvalue weighted by molar-refractivity contribution is 0.275. The minimum Gasteiger partial charge on any atom is -0.436 e. The molecule has 82 valence electrons. The van der Waals surface area contributed by atoms with Crippen molar-refractivity contribution in [2.45, 2.75) is 6.61 Å². The van der Waals surface area contributed by atoms with Gasteiger partial charge in [0, 0.05) is 11.8 Å². The van der Waals surface area contributed by atoms with Gasteiger partial charge in [0.15, 0.2) is 5.82 Å². The van der Waals surface area contributed by atoms with Crippen LogP contribution in [-0.2, 0) is 6.61 Å². The first-order valence-electron chi connectivity index (χ1n) is 4.78. The van der Waals surface area contributed by atoms with E-state index in [-0.39, 0.29) is 12.5 Å². The van der Waals surface area contributed by atoms with Gasteiger partial charge in [-0.15, -0.1) is 0 Å². The second-order valence-electron chi connectivity index (χ2n) is 3.16. The van der Waals surface area contributed by atoms with Crippen LogP contribution in [0.5, 0.6) is 11.6 Å². The fourth-order valence-corrected chi connectivity index (χ4v) is 1.28. The third kappa shape index (κ3) is 2.17. The van der Waals surface area contributed by atoms with E-state index in [0.29, 0.717) is 11.3 Å². The number of halogens is 1. The summed E-state index contributed by atoms with van der Waals surface area (Å²) in [6, 6.07) is 9.63. The van der Waals surface area contributed by atoms with E-state index in [1.807, 2.05) is 0 Å². The molecule has 4 heteroatoms. The van der Waals surface area contributed by atoms with Crippen molar-refractivity contribution in [2.24, 2.45) is 0 Å². The smallest absolute Gasteiger partial charge is 0.255 e. The monoisotopic (exact) mass is 219 g/mol. The molecule has 0 amide bonds. The molecule has 1 heterocycles. The van der Waals surface area contributed by atoms with Gasteiger partial charge in [-0.25, -0.2) is 9.37 Å². The zero-order valence-corrected chi connectivity index (χ0v) is 8.43. The second kappa shape index (κ2) is 4.72. The van der Waals surface area contributed by atoms with Crippen LogP contribution in [0.4, 0.5) is 4.39 Å². The van der Waals surface area contributed by atoms with E-state index in [0.717, 1.165) is 0 Å². The first kappa shape index (κ1) is 10.6. The quantitative estimate of drug-likeness (QED) is 0.862. The van der Waals surface area contributed by atoms with Crippen LogP contribution in [0.2, 0.25) is 0 Å². The third-order valence-corrected chi connectivity index (χ3v) is 2.07. The minimum absolute atomic E-state index is 0.0941. The van der Waals surface area contributed by atoms with Gasteiger partial charge >= 0.3 is 0 Å². The predicted molar refractivity (Wildman–Crippen MR) is 56.6 cm³/mol. The van der Waals surface area contributed by atoms with Crippen molar-refractivity contribution in [1.82, 2.24) is 4.98 Å². The molecule has 0 aliphatic carbocycles. The molecule has 0 spiro atoms. The molecule has 0 aliphatic heterocycles. The molecule has 0 fully saturated rings. The summed E-state index contributed by atoms with van der Waals surface area (Å²) in [5.41, 5.74) is 0.590. The highest BCUT2D eigenvalue weighted by atomic mass is 19.1.